The molecule has 0 saturated heterocycles. The number of aryl methyl sites for hydroxylation is 1. The molecule has 0 aliphatic heterocycles. The lowest BCUT2D eigenvalue weighted by atomic mass is 10.1. The average molecular weight is 571 g/mol. The van der Waals surface area contributed by atoms with Gasteiger partial charge in [0.1, 0.15) is 6.04 Å². The van der Waals surface area contributed by atoms with Crippen molar-refractivity contribution < 1.29 is 18.0 Å². The van der Waals surface area contributed by atoms with Crippen LogP contribution in [0.4, 0.5) is 5.69 Å². The first kappa shape index (κ1) is 30.9. The van der Waals surface area contributed by atoms with Crippen LogP contribution in [0, 0.1) is 6.92 Å². The molecule has 0 aliphatic rings. The van der Waals surface area contributed by atoms with Gasteiger partial charge >= 0.3 is 0 Å². The van der Waals surface area contributed by atoms with E-state index in [-0.39, 0.29) is 43.8 Å². The van der Waals surface area contributed by atoms with Crippen molar-refractivity contribution in [2.24, 2.45) is 0 Å². The van der Waals surface area contributed by atoms with Gasteiger partial charge in [-0.3, -0.25) is 13.9 Å². The van der Waals surface area contributed by atoms with E-state index in [4.69, 9.17) is 23.2 Å². The molecule has 0 bridgehead atoms. The van der Waals surface area contributed by atoms with Crippen molar-refractivity contribution in [1.29, 1.82) is 0 Å². The summed E-state index contributed by atoms with van der Waals surface area (Å²) in [7, 11) is -3.55. The Morgan fingerprint density at radius 2 is 1.73 bits per heavy atom. The van der Waals surface area contributed by atoms with Crippen LogP contribution in [-0.2, 0) is 26.2 Å². The van der Waals surface area contributed by atoms with Crippen LogP contribution in [0.2, 0.25) is 10.0 Å². The number of nitrogens with zero attached hydrogens (tertiary/aromatic N) is 2. The first-order valence-corrected chi connectivity index (χ1v) is 15.1. The molecule has 2 aromatic carbocycles. The number of hydrogen-bond donors (Lipinski definition) is 1. The number of carbonyl (C=O) groups is 2. The van der Waals surface area contributed by atoms with Crippen molar-refractivity contribution in [3.05, 3.63) is 63.6 Å². The fourth-order valence-electron chi connectivity index (χ4n) is 4.02. The highest BCUT2D eigenvalue weighted by Gasteiger charge is 2.30. The summed E-state index contributed by atoms with van der Waals surface area (Å²) >= 11 is 12.4. The van der Waals surface area contributed by atoms with Crippen LogP contribution in [0.3, 0.4) is 0 Å². The van der Waals surface area contributed by atoms with Crippen molar-refractivity contribution in [2.45, 2.75) is 72.0 Å². The molecule has 0 saturated carbocycles. The maximum atomic E-state index is 13.5. The van der Waals surface area contributed by atoms with Gasteiger partial charge in [0, 0.05) is 35.6 Å². The lowest BCUT2D eigenvalue weighted by Gasteiger charge is -2.32. The van der Waals surface area contributed by atoms with E-state index in [0.29, 0.717) is 27.7 Å². The Hall–Kier alpha value is -2.29. The molecule has 0 radical (unpaired) electrons. The predicted molar refractivity (Wildman–Crippen MR) is 152 cm³/mol. The zero-order chi connectivity index (χ0) is 27.8. The Balaban J connectivity index is 2.27. The SMILES string of the molecule is CC[C@@H](C)NC(=O)[C@@H](CC)N(Cc1ccc(Cl)cc1Cl)C(=O)CCCN(c1ccccc1C)S(C)(=O)=O. The molecule has 1 N–H and O–H groups in total. The maximum Gasteiger partial charge on any atom is 0.243 e. The number of sulfonamides is 1. The van der Waals surface area contributed by atoms with Gasteiger partial charge in [0.05, 0.1) is 11.9 Å². The molecule has 2 atom stereocenters. The first-order chi connectivity index (χ1) is 17.4. The van der Waals surface area contributed by atoms with Gasteiger partial charge in [-0.05, 0) is 62.4 Å². The van der Waals surface area contributed by atoms with Gasteiger partial charge in [-0.2, -0.15) is 0 Å². The third kappa shape index (κ3) is 8.90. The summed E-state index contributed by atoms with van der Waals surface area (Å²) in [4.78, 5) is 28.2. The summed E-state index contributed by atoms with van der Waals surface area (Å²) in [5, 5.41) is 3.86. The topological polar surface area (TPSA) is 86.8 Å². The minimum Gasteiger partial charge on any atom is -0.352 e. The maximum absolute atomic E-state index is 13.5. The number of para-hydroxylation sites is 1. The van der Waals surface area contributed by atoms with Gasteiger partial charge in [0.25, 0.3) is 0 Å². The molecule has 7 nitrogen and oxygen atoms in total. The molecule has 37 heavy (non-hydrogen) atoms. The molecule has 204 valence electrons. The highest BCUT2D eigenvalue weighted by atomic mass is 35.5. The Labute approximate surface area is 231 Å². The second kappa shape index (κ2) is 14.0. The quantitative estimate of drug-likeness (QED) is 0.341. The van der Waals surface area contributed by atoms with Crippen molar-refractivity contribution in [2.75, 3.05) is 17.1 Å². The molecular weight excluding hydrogens is 533 g/mol. The van der Waals surface area contributed by atoms with Crippen molar-refractivity contribution in [3.8, 4) is 0 Å². The Morgan fingerprint density at radius 3 is 2.30 bits per heavy atom. The van der Waals surface area contributed by atoms with Crippen LogP contribution in [-0.4, -0.2) is 50.0 Å². The molecule has 0 fully saturated rings. The molecule has 0 heterocycles. The van der Waals surface area contributed by atoms with Crippen LogP contribution in [0.15, 0.2) is 42.5 Å². The Bertz CT molecular complexity index is 1190. The number of rotatable bonds is 13. The van der Waals surface area contributed by atoms with Crippen LogP contribution in [0.5, 0.6) is 0 Å². The molecular formula is C27H37Cl2N3O4S. The summed E-state index contributed by atoms with van der Waals surface area (Å²) in [6.45, 7) is 7.87. The summed E-state index contributed by atoms with van der Waals surface area (Å²) in [6.07, 6.45) is 2.68. The number of halogens is 2. The third-order valence-corrected chi connectivity index (χ3v) is 8.05. The first-order valence-electron chi connectivity index (χ1n) is 12.5. The van der Waals surface area contributed by atoms with E-state index in [1.807, 2.05) is 39.8 Å². The van der Waals surface area contributed by atoms with Gasteiger partial charge in [-0.1, -0.05) is 61.3 Å². The molecule has 2 aromatic rings. The van der Waals surface area contributed by atoms with Crippen LogP contribution < -0.4 is 9.62 Å². The summed E-state index contributed by atoms with van der Waals surface area (Å²) in [6, 6.07) is 11.5. The summed E-state index contributed by atoms with van der Waals surface area (Å²) < 4.78 is 26.4. The zero-order valence-corrected chi connectivity index (χ0v) is 24.5. The summed E-state index contributed by atoms with van der Waals surface area (Å²) in [5.41, 5.74) is 2.08. The minimum atomic E-state index is -3.55. The van der Waals surface area contributed by atoms with Crippen LogP contribution >= 0.6 is 23.2 Å². The molecule has 10 heteroatoms. The van der Waals surface area contributed by atoms with E-state index in [0.717, 1.165) is 18.2 Å². The van der Waals surface area contributed by atoms with Crippen molar-refractivity contribution in [3.63, 3.8) is 0 Å². The standard InChI is InChI=1S/C27H37Cl2N3O4S/c1-6-20(4)30-27(34)24(7-2)31(18-21-14-15-22(28)17-23(21)29)26(33)13-10-16-32(37(5,35)36)25-12-9-8-11-19(25)3/h8-9,11-12,14-15,17,20,24H,6-7,10,13,16,18H2,1-5H3,(H,30,34)/t20-,24-/m1/s1. The molecule has 0 spiro atoms. The highest BCUT2D eigenvalue weighted by molar-refractivity contribution is 7.92. The number of hydrogen-bond acceptors (Lipinski definition) is 4. The molecule has 2 rings (SSSR count). The zero-order valence-electron chi connectivity index (χ0n) is 22.1. The van der Waals surface area contributed by atoms with Crippen LogP contribution in [0.1, 0.15) is 57.6 Å². The number of nitrogens with one attached hydrogen (secondary N) is 1. The normalized spacial score (nSPS) is 13.1. The van der Waals surface area contributed by atoms with Gasteiger partial charge in [0.2, 0.25) is 21.8 Å². The van der Waals surface area contributed by atoms with Crippen molar-refractivity contribution >= 4 is 50.7 Å². The smallest absolute Gasteiger partial charge is 0.243 e. The fourth-order valence-corrected chi connectivity index (χ4v) is 5.51. The van der Waals surface area contributed by atoms with Gasteiger partial charge in [-0.15, -0.1) is 0 Å². The number of anilines is 1. The van der Waals surface area contributed by atoms with E-state index in [1.54, 1.807) is 30.3 Å². The third-order valence-electron chi connectivity index (χ3n) is 6.28. The molecule has 0 aliphatic carbocycles. The molecule has 0 aromatic heterocycles. The Morgan fingerprint density at radius 1 is 1.05 bits per heavy atom. The second-order valence-electron chi connectivity index (χ2n) is 9.22. The number of amides is 2. The Kier molecular flexibility index (Phi) is 11.7. The van der Waals surface area contributed by atoms with E-state index in [2.05, 4.69) is 5.32 Å². The van der Waals surface area contributed by atoms with E-state index < -0.39 is 16.1 Å². The lowest BCUT2D eigenvalue weighted by Crippen LogP contribution is -2.50. The van der Waals surface area contributed by atoms with Gasteiger partial charge < -0.3 is 10.2 Å². The molecule has 0 unspecified atom stereocenters. The van der Waals surface area contributed by atoms with E-state index >= 15 is 0 Å². The predicted octanol–water partition coefficient (Wildman–Crippen LogP) is 5.57. The highest BCUT2D eigenvalue weighted by Crippen LogP contribution is 2.25. The largest absolute Gasteiger partial charge is 0.352 e. The molecule has 2 amide bonds. The van der Waals surface area contributed by atoms with E-state index in [1.165, 1.54) is 9.21 Å². The number of benzene rings is 2. The van der Waals surface area contributed by atoms with Crippen molar-refractivity contribution in [1.82, 2.24) is 10.2 Å². The number of carbonyl (C=O) groups excluding carboxylic acids is 2. The van der Waals surface area contributed by atoms with Crippen LogP contribution in [0.25, 0.3) is 0 Å². The minimum absolute atomic E-state index is 0.0324. The van der Waals surface area contributed by atoms with Gasteiger partial charge in [-0.25, -0.2) is 8.42 Å². The monoisotopic (exact) mass is 569 g/mol. The lowest BCUT2D eigenvalue weighted by molar-refractivity contribution is -0.141. The average Bonchev–Trinajstić information content (AvgIpc) is 2.82. The summed E-state index contributed by atoms with van der Waals surface area (Å²) in [5.74, 6) is -0.483. The fraction of sp³-hybridized carbons (Fsp3) is 0.481. The van der Waals surface area contributed by atoms with E-state index in [9.17, 15) is 18.0 Å². The second-order valence-corrected chi connectivity index (χ2v) is 12.0. The van der Waals surface area contributed by atoms with Gasteiger partial charge in [0.15, 0.2) is 0 Å².